The van der Waals surface area contributed by atoms with Gasteiger partial charge >= 0.3 is 6.16 Å². The number of carbonyl (C=O) groups is 2. The smallest absolute Gasteiger partial charge is 0.434 e. The van der Waals surface area contributed by atoms with Gasteiger partial charge in [0.25, 0.3) is 0 Å². The predicted molar refractivity (Wildman–Crippen MR) is 58.5 cm³/mol. The SMILES string of the molecule is CC(C)OC(=O)OC[C@@H]1[C@H](C=O)[C@@H]2CC[C@H]1O2. The molecule has 4 atom stereocenters. The minimum Gasteiger partial charge on any atom is -0.434 e. The first-order valence-corrected chi connectivity index (χ1v) is 6.06. The molecule has 0 spiro atoms. The zero-order chi connectivity index (χ0) is 12.4. The van der Waals surface area contributed by atoms with Crippen LogP contribution in [-0.2, 0) is 19.0 Å². The van der Waals surface area contributed by atoms with Gasteiger partial charge in [-0.3, -0.25) is 0 Å². The lowest BCUT2D eigenvalue weighted by atomic mass is 9.81. The maximum Gasteiger partial charge on any atom is 0.508 e. The third kappa shape index (κ3) is 2.60. The van der Waals surface area contributed by atoms with Crippen LogP contribution in [0.5, 0.6) is 0 Å². The second kappa shape index (κ2) is 5.04. The summed E-state index contributed by atoms with van der Waals surface area (Å²) in [5, 5.41) is 0. The highest BCUT2D eigenvalue weighted by Crippen LogP contribution is 2.42. The highest BCUT2D eigenvalue weighted by atomic mass is 16.7. The standard InChI is InChI=1S/C12H18O5/c1-7(2)16-12(14)15-6-9-8(5-13)10-3-4-11(9)17-10/h5,7-11H,3-4,6H2,1-2H3/t8-,9+,10-,11+/m0/s1. The molecule has 0 unspecified atom stereocenters. The van der Waals surface area contributed by atoms with Gasteiger partial charge in [0.05, 0.1) is 18.3 Å². The Balaban J connectivity index is 1.82. The van der Waals surface area contributed by atoms with Gasteiger partial charge in [-0.1, -0.05) is 0 Å². The normalized spacial score (nSPS) is 35.0. The van der Waals surface area contributed by atoms with Gasteiger partial charge in [0.1, 0.15) is 12.9 Å². The first-order chi connectivity index (χ1) is 8.11. The summed E-state index contributed by atoms with van der Waals surface area (Å²) in [6.07, 6.45) is 2.01. The first kappa shape index (κ1) is 12.4. The minimum absolute atomic E-state index is 0.00837. The molecule has 0 saturated carbocycles. The van der Waals surface area contributed by atoms with E-state index < -0.39 is 6.16 Å². The molecule has 0 aromatic carbocycles. The van der Waals surface area contributed by atoms with E-state index in [1.54, 1.807) is 13.8 Å². The molecule has 0 aromatic rings. The third-order valence-corrected chi connectivity index (χ3v) is 3.37. The Labute approximate surface area is 100 Å². The number of hydrogen-bond acceptors (Lipinski definition) is 5. The first-order valence-electron chi connectivity index (χ1n) is 6.06. The van der Waals surface area contributed by atoms with Gasteiger partial charge in [0.2, 0.25) is 0 Å². The Kier molecular flexibility index (Phi) is 3.66. The summed E-state index contributed by atoms with van der Waals surface area (Å²) in [7, 11) is 0. The van der Waals surface area contributed by atoms with Crippen LogP contribution in [0.25, 0.3) is 0 Å². The van der Waals surface area contributed by atoms with Crippen molar-refractivity contribution in [2.75, 3.05) is 6.61 Å². The fourth-order valence-corrected chi connectivity index (χ4v) is 2.61. The van der Waals surface area contributed by atoms with Crippen molar-refractivity contribution in [2.45, 2.75) is 45.0 Å². The summed E-state index contributed by atoms with van der Waals surface area (Å²) in [5.41, 5.74) is 0. The number of carbonyl (C=O) groups excluding carboxylic acids is 2. The van der Waals surface area contributed by atoms with Gasteiger partial charge in [-0.2, -0.15) is 0 Å². The molecule has 0 aromatic heterocycles. The number of aldehydes is 1. The Morgan fingerprint density at radius 2 is 2.12 bits per heavy atom. The van der Waals surface area contributed by atoms with E-state index in [0.717, 1.165) is 19.1 Å². The van der Waals surface area contributed by atoms with E-state index in [-0.39, 0.29) is 36.8 Å². The van der Waals surface area contributed by atoms with Crippen LogP contribution in [0.1, 0.15) is 26.7 Å². The molecule has 2 heterocycles. The molecule has 17 heavy (non-hydrogen) atoms. The quantitative estimate of drug-likeness (QED) is 0.552. The van der Waals surface area contributed by atoms with Crippen LogP contribution in [-0.4, -0.2) is 37.4 Å². The van der Waals surface area contributed by atoms with Crippen LogP contribution in [0, 0.1) is 11.8 Å². The van der Waals surface area contributed by atoms with Crippen molar-refractivity contribution in [1.82, 2.24) is 0 Å². The van der Waals surface area contributed by atoms with Crippen molar-refractivity contribution in [1.29, 1.82) is 0 Å². The average molecular weight is 242 g/mol. The molecular weight excluding hydrogens is 224 g/mol. The predicted octanol–water partition coefficient (Wildman–Crippen LogP) is 1.54. The van der Waals surface area contributed by atoms with Crippen LogP contribution in [0.3, 0.4) is 0 Å². The van der Waals surface area contributed by atoms with Crippen LogP contribution < -0.4 is 0 Å². The summed E-state index contributed by atoms with van der Waals surface area (Å²) in [5.74, 6) is -0.147. The van der Waals surface area contributed by atoms with E-state index in [9.17, 15) is 9.59 Å². The largest absolute Gasteiger partial charge is 0.508 e. The molecular formula is C12H18O5. The Hall–Kier alpha value is -1.10. The van der Waals surface area contributed by atoms with Gasteiger partial charge in [-0.15, -0.1) is 0 Å². The van der Waals surface area contributed by atoms with Gasteiger partial charge in [0.15, 0.2) is 0 Å². The van der Waals surface area contributed by atoms with Crippen molar-refractivity contribution in [3.05, 3.63) is 0 Å². The zero-order valence-corrected chi connectivity index (χ0v) is 10.1. The molecule has 2 saturated heterocycles. The summed E-state index contributed by atoms with van der Waals surface area (Å²) in [6.45, 7) is 3.72. The highest BCUT2D eigenvalue weighted by Gasteiger charge is 2.49. The Bertz CT molecular complexity index is 301. The lowest BCUT2D eigenvalue weighted by Crippen LogP contribution is -2.32. The molecule has 0 amide bonds. The number of rotatable bonds is 4. The molecule has 2 rings (SSSR count). The second-order valence-electron chi connectivity index (χ2n) is 4.90. The Morgan fingerprint density at radius 3 is 2.76 bits per heavy atom. The van der Waals surface area contributed by atoms with E-state index in [1.165, 1.54) is 0 Å². The molecule has 2 bridgehead atoms. The summed E-state index contributed by atoms with van der Waals surface area (Å²) in [6, 6.07) is 0. The average Bonchev–Trinajstić information content (AvgIpc) is 2.84. The lowest BCUT2D eigenvalue weighted by Gasteiger charge is -2.23. The maximum atomic E-state index is 11.2. The van der Waals surface area contributed by atoms with Crippen molar-refractivity contribution in [3.8, 4) is 0 Å². The zero-order valence-electron chi connectivity index (χ0n) is 10.1. The fourth-order valence-electron chi connectivity index (χ4n) is 2.61. The molecule has 0 radical (unpaired) electrons. The van der Waals surface area contributed by atoms with Crippen LogP contribution in [0.2, 0.25) is 0 Å². The van der Waals surface area contributed by atoms with Crippen LogP contribution >= 0.6 is 0 Å². The van der Waals surface area contributed by atoms with Crippen molar-refractivity contribution >= 4 is 12.4 Å². The highest BCUT2D eigenvalue weighted by molar-refractivity contribution is 5.60. The number of ether oxygens (including phenoxy) is 3. The van der Waals surface area contributed by atoms with E-state index >= 15 is 0 Å². The summed E-state index contributed by atoms with van der Waals surface area (Å²) < 4.78 is 15.5. The minimum atomic E-state index is -0.674. The summed E-state index contributed by atoms with van der Waals surface area (Å²) >= 11 is 0. The molecule has 5 heteroatoms. The van der Waals surface area contributed by atoms with E-state index in [4.69, 9.17) is 14.2 Å². The van der Waals surface area contributed by atoms with Crippen molar-refractivity contribution in [2.24, 2.45) is 11.8 Å². The molecule has 5 nitrogen and oxygen atoms in total. The van der Waals surface area contributed by atoms with E-state index in [2.05, 4.69) is 0 Å². The van der Waals surface area contributed by atoms with E-state index in [0.29, 0.717) is 0 Å². The van der Waals surface area contributed by atoms with Crippen molar-refractivity contribution < 1.29 is 23.8 Å². The van der Waals surface area contributed by atoms with Gasteiger partial charge in [-0.05, 0) is 26.7 Å². The van der Waals surface area contributed by atoms with Gasteiger partial charge in [0, 0.05) is 11.8 Å². The Morgan fingerprint density at radius 1 is 1.41 bits per heavy atom. The monoisotopic (exact) mass is 242 g/mol. The molecule has 0 aliphatic carbocycles. The van der Waals surface area contributed by atoms with Crippen LogP contribution in [0.4, 0.5) is 4.79 Å². The second-order valence-corrected chi connectivity index (χ2v) is 4.90. The fraction of sp³-hybridized carbons (Fsp3) is 0.833. The third-order valence-electron chi connectivity index (χ3n) is 3.37. The summed E-state index contributed by atoms with van der Waals surface area (Å²) in [4.78, 5) is 22.2. The topological polar surface area (TPSA) is 61.8 Å². The van der Waals surface area contributed by atoms with E-state index in [1.807, 2.05) is 0 Å². The maximum absolute atomic E-state index is 11.2. The number of fused-ring (bicyclic) bond motifs is 2. The molecule has 0 N–H and O–H groups in total. The lowest BCUT2D eigenvalue weighted by molar-refractivity contribution is -0.114. The molecule has 2 fully saturated rings. The van der Waals surface area contributed by atoms with Crippen molar-refractivity contribution in [3.63, 3.8) is 0 Å². The van der Waals surface area contributed by atoms with Gasteiger partial charge in [-0.25, -0.2) is 4.79 Å². The van der Waals surface area contributed by atoms with Gasteiger partial charge < -0.3 is 19.0 Å². The molecule has 96 valence electrons. The van der Waals surface area contributed by atoms with Crippen LogP contribution in [0.15, 0.2) is 0 Å². The molecule has 2 aliphatic heterocycles. The molecule has 2 aliphatic rings. The number of hydrogen-bond donors (Lipinski definition) is 0.